The van der Waals surface area contributed by atoms with Crippen LogP contribution >= 0.6 is 0 Å². The maximum atomic E-state index is 12.7. The SMILES string of the molecule is Cc1cc(C(F)(F)F)ccc1S(=O)(=O)NC1CC2CCC(C1)N2. The van der Waals surface area contributed by atoms with Crippen LogP contribution in [0.3, 0.4) is 0 Å². The second-order valence-corrected chi connectivity index (χ2v) is 8.09. The molecule has 2 aliphatic heterocycles. The van der Waals surface area contributed by atoms with E-state index in [0.29, 0.717) is 12.1 Å². The van der Waals surface area contributed by atoms with Gasteiger partial charge in [0, 0.05) is 18.1 Å². The summed E-state index contributed by atoms with van der Waals surface area (Å²) in [5.74, 6) is 0. The topological polar surface area (TPSA) is 58.2 Å². The highest BCUT2D eigenvalue weighted by atomic mass is 32.2. The lowest BCUT2D eigenvalue weighted by Crippen LogP contribution is -2.48. The van der Waals surface area contributed by atoms with Crippen LogP contribution in [-0.4, -0.2) is 26.5 Å². The van der Waals surface area contributed by atoms with Gasteiger partial charge in [-0.05, 0) is 56.4 Å². The first-order valence-corrected chi connectivity index (χ1v) is 9.10. The first-order valence-electron chi connectivity index (χ1n) is 7.61. The van der Waals surface area contributed by atoms with E-state index < -0.39 is 21.8 Å². The highest BCUT2D eigenvalue weighted by Crippen LogP contribution is 2.32. The molecule has 0 saturated carbocycles. The number of piperidine rings is 1. The van der Waals surface area contributed by atoms with Crippen LogP contribution in [-0.2, 0) is 16.2 Å². The average molecular weight is 348 g/mol. The summed E-state index contributed by atoms with van der Waals surface area (Å²) in [6, 6.07) is 3.22. The number of rotatable bonds is 3. The molecule has 3 rings (SSSR count). The number of alkyl halides is 3. The summed E-state index contributed by atoms with van der Waals surface area (Å²) in [4.78, 5) is -0.0867. The largest absolute Gasteiger partial charge is 0.416 e. The first-order chi connectivity index (χ1) is 10.6. The predicted octanol–water partition coefficient (Wildman–Crippen LogP) is 2.58. The number of sulfonamides is 1. The molecule has 0 aliphatic carbocycles. The van der Waals surface area contributed by atoms with Crippen LogP contribution in [0.15, 0.2) is 23.1 Å². The number of benzene rings is 1. The summed E-state index contributed by atoms with van der Waals surface area (Å²) < 4.78 is 65.7. The van der Waals surface area contributed by atoms with Gasteiger partial charge in [0.2, 0.25) is 10.0 Å². The van der Waals surface area contributed by atoms with Crippen molar-refractivity contribution >= 4 is 10.0 Å². The Morgan fingerprint density at radius 2 is 1.78 bits per heavy atom. The molecule has 8 heteroatoms. The van der Waals surface area contributed by atoms with Gasteiger partial charge in [-0.15, -0.1) is 0 Å². The van der Waals surface area contributed by atoms with Crippen molar-refractivity contribution in [3.8, 4) is 0 Å². The molecular weight excluding hydrogens is 329 g/mol. The van der Waals surface area contributed by atoms with E-state index >= 15 is 0 Å². The molecule has 1 aromatic rings. The van der Waals surface area contributed by atoms with Crippen molar-refractivity contribution in [3.63, 3.8) is 0 Å². The summed E-state index contributed by atoms with van der Waals surface area (Å²) >= 11 is 0. The second kappa shape index (κ2) is 5.75. The van der Waals surface area contributed by atoms with E-state index in [1.54, 1.807) is 0 Å². The molecule has 2 atom stereocenters. The fourth-order valence-electron chi connectivity index (χ4n) is 3.56. The molecule has 0 spiro atoms. The van der Waals surface area contributed by atoms with Crippen LogP contribution < -0.4 is 10.0 Å². The zero-order chi connectivity index (χ0) is 16.8. The predicted molar refractivity (Wildman–Crippen MR) is 79.5 cm³/mol. The number of aryl methyl sites for hydroxylation is 1. The molecule has 0 radical (unpaired) electrons. The molecule has 23 heavy (non-hydrogen) atoms. The number of fused-ring (bicyclic) bond motifs is 2. The van der Waals surface area contributed by atoms with Crippen molar-refractivity contribution in [1.82, 2.24) is 10.0 Å². The van der Waals surface area contributed by atoms with E-state index in [9.17, 15) is 21.6 Å². The molecule has 1 aromatic carbocycles. The van der Waals surface area contributed by atoms with Crippen molar-refractivity contribution < 1.29 is 21.6 Å². The third-order valence-electron chi connectivity index (χ3n) is 4.59. The van der Waals surface area contributed by atoms with Gasteiger partial charge in [-0.3, -0.25) is 0 Å². The summed E-state index contributed by atoms with van der Waals surface area (Å²) in [6.07, 6.45) is -0.954. The van der Waals surface area contributed by atoms with Crippen LogP contribution in [0, 0.1) is 6.92 Å². The summed E-state index contributed by atoms with van der Waals surface area (Å²) in [6.45, 7) is 1.38. The highest BCUT2D eigenvalue weighted by molar-refractivity contribution is 7.89. The third-order valence-corrected chi connectivity index (χ3v) is 6.27. The Bertz CT molecular complexity index is 691. The molecule has 2 N–H and O–H groups in total. The first kappa shape index (κ1) is 16.7. The molecule has 2 heterocycles. The lowest BCUT2D eigenvalue weighted by Gasteiger charge is -2.29. The second-order valence-electron chi connectivity index (χ2n) is 6.41. The smallest absolute Gasteiger partial charge is 0.311 e. The third kappa shape index (κ3) is 3.54. The molecule has 4 nitrogen and oxygen atoms in total. The van der Waals surface area contributed by atoms with Crippen LogP contribution in [0.2, 0.25) is 0 Å². The minimum absolute atomic E-state index is 0.0867. The van der Waals surface area contributed by atoms with E-state index in [1.165, 1.54) is 6.92 Å². The lowest BCUT2D eigenvalue weighted by molar-refractivity contribution is -0.137. The van der Waals surface area contributed by atoms with Crippen molar-refractivity contribution in [2.24, 2.45) is 0 Å². The van der Waals surface area contributed by atoms with Gasteiger partial charge in [0.05, 0.1) is 10.5 Å². The molecule has 0 amide bonds. The summed E-state index contributed by atoms with van der Waals surface area (Å²) in [5.41, 5.74) is -0.738. The van der Waals surface area contributed by atoms with Crippen molar-refractivity contribution in [2.75, 3.05) is 0 Å². The molecule has 2 unspecified atom stereocenters. The number of nitrogens with one attached hydrogen (secondary N) is 2. The van der Waals surface area contributed by atoms with E-state index in [1.807, 2.05) is 0 Å². The van der Waals surface area contributed by atoms with Crippen molar-refractivity contribution in [2.45, 2.75) is 61.8 Å². The minimum Gasteiger partial charge on any atom is -0.311 e. The van der Waals surface area contributed by atoms with E-state index in [4.69, 9.17) is 0 Å². The fourth-order valence-corrected chi connectivity index (χ4v) is 5.05. The van der Waals surface area contributed by atoms with E-state index in [0.717, 1.165) is 43.9 Å². The fraction of sp³-hybridized carbons (Fsp3) is 0.600. The van der Waals surface area contributed by atoms with Crippen LogP contribution in [0.25, 0.3) is 0 Å². The number of hydrogen-bond donors (Lipinski definition) is 2. The molecule has 128 valence electrons. The summed E-state index contributed by atoms with van der Waals surface area (Å²) in [7, 11) is -3.82. The van der Waals surface area contributed by atoms with Gasteiger partial charge in [0.25, 0.3) is 0 Å². The van der Waals surface area contributed by atoms with E-state index in [2.05, 4.69) is 10.0 Å². The average Bonchev–Trinajstić information content (AvgIpc) is 2.76. The van der Waals surface area contributed by atoms with Gasteiger partial charge < -0.3 is 5.32 Å². The standard InChI is InChI=1S/C15H19F3N2O2S/c1-9-6-10(15(16,17)18)2-5-14(9)23(21,22)20-13-7-11-3-4-12(8-13)19-11/h2,5-6,11-13,19-20H,3-4,7-8H2,1H3. The Kier molecular flexibility index (Phi) is 4.18. The minimum atomic E-state index is -4.48. The number of hydrogen-bond acceptors (Lipinski definition) is 3. The Labute approximate surface area is 133 Å². The summed E-state index contributed by atoms with van der Waals surface area (Å²) in [5, 5.41) is 3.42. The van der Waals surface area contributed by atoms with Crippen molar-refractivity contribution in [1.29, 1.82) is 0 Å². The van der Waals surface area contributed by atoms with Crippen molar-refractivity contribution in [3.05, 3.63) is 29.3 Å². The van der Waals surface area contributed by atoms with Crippen LogP contribution in [0.4, 0.5) is 13.2 Å². The molecule has 2 aliphatic rings. The Morgan fingerprint density at radius 1 is 1.17 bits per heavy atom. The zero-order valence-corrected chi connectivity index (χ0v) is 13.5. The van der Waals surface area contributed by atoms with Gasteiger partial charge in [0.1, 0.15) is 0 Å². The maximum Gasteiger partial charge on any atom is 0.416 e. The molecule has 2 saturated heterocycles. The number of halogens is 3. The van der Waals surface area contributed by atoms with Gasteiger partial charge in [0.15, 0.2) is 0 Å². The molecule has 0 aromatic heterocycles. The Balaban J connectivity index is 1.80. The normalized spacial score (nSPS) is 28.1. The highest BCUT2D eigenvalue weighted by Gasteiger charge is 2.36. The van der Waals surface area contributed by atoms with Gasteiger partial charge in [-0.1, -0.05) is 0 Å². The lowest BCUT2D eigenvalue weighted by atomic mass is 10.0. The maximum absolute atomic E-state index is 12.7. The molecule has 2 bridgehead atoms. The quantitative estimate of drug-likeness (QED) is 0.883. The monoisotopic (exact) mass is 348 g/mol. The van der Waals surface area contributed by atoms with E-state index in [-0.39, 0.29) is 16.5 Å². The zero-order valence-electron chi connectivity index (χ0n) is 12.7. The molecule has 2 fully saturated rings. The Hall–Kier alpha value is -1.12. The van der Waals surface area contributed by atoms with Gasteiger partial charge in [-0.25, -0.2) is 13.1 Å². The van der Waals surface area contributed by atoms with Crippen LogP contribution in [0.5, 0.6) is 0 Å². The molecular formula is C15H19F3N2O2S. The van der Waals surface area contributed by atoms with Crippen LogP contribution in [0.1, 0.15) is 36.8 Å². The van der Waals surface area contributed by atoms with Gasteiger partial charge in [-0.2, -0.15) is 13.2 Å². The Morgan fingerprint density at radius 3 is 2.30 bits per heavy atom. The van der Waals surface area contributed by atoms with Gasteiger partial charge >= 0.3 is 6.18 Å².